The average Bonchev–Trinajstić information content (AvgIpc) is 2.76. The summed E-state index contributed by atoms with van der Waals surface area (Å²) in [5, 5.41) is 3.55. The molecule has 0 spiro atoms. The highest BCUT2D eigenvalue weighted by atomic mass is 15.3. The molecule has 0 aromatic carbocycles. The van der Waals surface area contributed by atoms with Gasteiger partial charge in [-0.15, -0.1) is 0 Å². The molecule has 2 rings (SSSR count). The monoisotopic (exact) mass is 239 g/mol. The fraction of sp³-hybridized carbons (Fsp3) is 1.00. The lowest BCUT2D eigenvalue weighted by Crippen LogP contribution is -2.54. The third-order valence-corrected chi connectivity index (χ3v) is 4.52. The molecule has 1 saturated heterocycles. The molecule has 2 fully saturated rings. The van der Waals surface area contributed by atoms with Crippen LogP contribution in [0.1, 0.15) is 38.5 Å². The SMILES string of the molecule is CNC1CCCCC1N1CCCC1CN(C)C. The summed E-state index contributed by atoms with van der Waals surface area (Å²) in [5.41, 5.74) is 0. The molecule has 0 amide bonds. The number of hydrogen-bond acceptors (Lipinski definition) is 3. The summed E-state index contributed by atoms with van der Waals surface area (Å²) >= 11 is 0. The van der Waals surface area contributed by atoms with E-state index in [4.69, 9.17) is 0 Å². The molecule has 0 radical (unpaired) electrons. The van der Waals surface area contributed by atoms with Gasteiger partial charge in [0, 0.05) is 24.7 Å². The van der Waals surface area contributed by atoms with Crippen LogP contribution in [-0.2, 0) is 0 Å². The first kappa shape index (κ1) is 13.3. The second-order valence-corrected chi connectivity index (χ2v) is 6.04. The normalized spacial score (nSPS) is 35.6. The summed E-state index contributed by atoms with van der Waals surface area (Å²) in [7, 11) is 6.54. The Morgan fingerprint density at radius 3 is 2.59 bits per heavy atom. The van der Waals surface area contributed by atoms with Gasteiger partial charge >= 0.3 is 0 Å². The summed E-state index contributed by atoms with van der Waals surface area (Å²) < 4.78 is 0. The van der Waals surface area contributed by atoms with Gasteiger partial charge in [0.25, 0.3) is 0 Å². The van der Waals surface area contributed by atoms with Crippen molar-refractivity contribution >= 4 is 0 Å². The van der Waals surface area contributed by atoms with Crippen LogP contribution in [0.25, 0.3) is 0 Å². The number of rotatable bonds is 4. The summed E-state index contributed by atoms with van der Waals surface area (Å²) in [4.78, 5) is 5.15. The Hall–Kier alpha value is -0.120. The molecule has 0 aromatic rings. The molecule has 0 bridgehead atoms. The molecule has 1 heterocycles. The van der Waals surface area contributed by atoms with Crippen LogP contribution >= 0.6 is 0 Å². The van der Waals surface area contributed by atoms with Crippen LogP contribution in [0.3, 0.4) is 0 Å². The van der Waals surface area contributed by atoms with Crippen molar-refractivity contribution in [3.05, 3.63) is 0 Å². The van der Waals surface area contributed by atoms with E-state index in [2.05, 4.69) is 36.3 Å². The van der Waals surface area contributed by atoms with Gasteiger partial charge in [-0.25, -0.2) is 0 Å². The minimum Gasteiger partial charge on any atom is -0.315 e. The maximum absolute atomic E-state index is 3.55. The summed E-state index contributed by atoms with van der Waals surface area (Å²) in [6.45, 7) is 2.55. The van der Waals surface area contributed by atoms with Crippen molar-refractivity contribution in [3.63, 3.8) is 0 Å². The van der Waals surface area contributed by atoms with Crippen molar-refractivity contribution in [2.75, 3.05) is 34.2 Å². The first-order valence-corrected chi connectivity index (χ1v) is 7.30. The van der Waals surface area contributed by atoms with E-state index in [9.17, 15) is 0 Å². The zero-order chi connectivity index (χ0) is 12.3. The molecular weight excluding hydrogens is 210 g/mol. The lowest BCUT2D eigenvalue weighted by Gasteiger charge is -2.41. The van der Waals surface area contributed by atoms with Crippen molar-refractivity contribution in [2.24, 2.45) is 0 Å². The van der Waals surface area contributed by atoms with E-state index in [0.29, 0.717) is 0 Å². The molecule has 2 aliphatic rings. The molecule has 3 heteroatoms. The molecular formula is C14H29N3. The average molecular weight is 239 g/mol. The van der Waals surface area contributed by atoms with Gasteiger partial charge in [0.05, 0.1) is 0 Å². The Morgan fingerprint density at radius 1 is 1.12 bits per heavy atom. The Balaban J connectivity index is 1.98. The largest absolute Gasteiger partial charge is 0.315 e. The Bertz CT molecular complexity index is 230. The molecule has 100 valence electrons. The molecule has 17 heavy (non-hydrogen) atoms. The maximum atomic E-state index is 3.55. The van der Waals surface area contributed by atoms with E-state index < -0.39 is 0 Å². The molecule has 3 atom stereocenters. The quantitative estimate of drug-likeness (QED) is 0.803. The lowest BCUT2D eigenvalue weighted by molar-refractivity contribution is 0.0987. The summed E-state index contributed by atoms with van der Waals surface area (Å²) in [5.74, 6) is 0. The first-order chi connectivity index (χ1) is 8.22. The van der Waals surface area contributed by atoms with E-state index >= 15 is 0 Å². The number of nitrogens with zero attached hydrogens (tertiary/aromatic N) is 2. The second-order valence-electron chi connectivity index (χ2n) is 6.04. The van der Waals surface area contributed by atoms with Crippen LogP contribution in [0.2, 0.25) is 0 Å². The Labute approximate surface area is 107 Å². The van der Waals surface area contributed by atoms with Gasteiger partial charge in [-0.05, 0) is 53.4 Å². The second kappa shape index (κ2) is 6.17. The van der Waals surface area contributed by atoms with Crippen LogP contribution < -0.4 is 5.32 Å². The van der Waals surface area contributed by atoms with Gasteiger partial charge in [-0.3, -0.25) is 4.90 Å². The van der Waals surface area contributed by atoms with Crippen molar-refractivity contribution in [1.82, 2.24) is 15.1 Å². The van der Waals surface area contributed by atoms with Crippen LogP contribution in [0.15, 0.2) is 0 Å². The predicted molar refractivity (Wildman–Crippen MR) is 73.4 cm³/mol. The Morgan fingerprint density at radius 2 is 1.88 bits per heavy atom. The Kier molecular flexibility index (Phi) is 4.83. The first-order valence-electron chi connectivity index (χ1n) is 7.30. The number of nitrogens with one attached hydrogen (secondary N) is 1. The minimum absolute atomic E-state index is 0.728. The fourth-order valence-corrected chi connectivity index (χ4v) is 3.76. The molecule has 1 N–H and O–H groups in total. The van der Waals surface area contributed by atoms with Crippen LogP contribution in [-0.4, -0.2) is 62.2 Å². The van der Waals surface area contributed by atoms with Crippen molar-refractivity contribution < 1.29 is 0 Å². The van der Waals surface area contributed by atoms with E-state index in [0.717, 1.165) is 18.1 Å². The van der Waals surface area contributed by atoms with Gasteiger partial charge in [-0.1, -0.05) is 12.8 Å². The topological polar surface area (TPSA) is 18.5 Å². The van der Waals surface area contributed by atoms with E-state index in [1.54, 1.807) is 0 Å². The van der Waals surface area contributed by atoms with E-state index in [1.807, 2.05) is 0 Å². The van der Waals surface area contributed by atoms with Crippen LogP contribution in [0.5, 0.6) is 0 Å². The molecule has 3 nitrogen and oxygen atoms in total. The van der Waals surface area contributed by atoms with Gasteiger partial charge < -0.3 is 10.2 Å². The van der Waals surface area contributed by atoms with Crippen LogP contribution in [0, 0.1) is 0 Å². The van der Waals surface area contributed by atoms with E-state index in [1.165, 1.54) is 51.6 Å². The number of hydrogen-bond donors (Lipinski definition) is 1. The van der Waals surface area contributed by atoms with Gasteiger partial charge in [0.15, 0.2) is 0 Å². The summed E-state index contributed by atoms with van der Waals surface area (Å²) in [6, 6.07) is 2.32. The zero-order valence-electron chi connectivity index (χ0n) is 11.8. The molecule has 0 aromatic heterocycles. The zero-order valence-corrected chi connectivity index (χ0v) is 11.8. The highest BCUT2D eigenvalue weighted by molar-refractivity contribution is 4.93. The van der Waals surface area contributed by atoms with E-state index in [-0.39, 0.29) is 0 Å². The van der Waals surface area contributed by atoms with Gasteiger partial charge in [-0.2, -0.15) is 0 Å². The van der Waals surface area contributed by atoms with Gasteiger partial charge in [0.2, 0.25) is 0 Å². The third-order valence-electron chi connectivity index (χ3n) is 4.52. The maximum Gasteiger partial charge on any atom is 0.0252 e. The highest BCUT2D eigenvalue weighted by Crippen LogP contribution is 2.29. The summed E-state index contributed by atoms with van der Waals surface area (Å²) in [6.07, 6.45) is 8.39. The fourth-order valence-electron chi connectivity index (χ4n) is 3.76. The molecule has 1 aliphatic heterocycles. The van der Waals surface area contributed by atoms with Gasteiger partial charge in [0.1, 0.15) is 0 Å². The van der Waals surface area contributed by atoms with Crippen molar-refractivity contribution in [1.29, 1.82) is 0 Å². The number of likely N-dealkylation sites (N-methyl/N-ethyl adjacent to an activating group) is 2. The standard InChI is InChI=1S/C14H29N3/c1-15-13-8-4-5-9-14(13)17-10-6-7-12(17)11-16(2)3/h12-15H,4-11H2,1-3H3. The molecule has 1 aliphatic carbocycles. The minimum atomic E-state index is 0.728. The van der Waals surface area contributed by atoms with Crippen molar-refractivity contribution in [3.8, 4) is 0 Å². The molecule has 1 saturated carbocycles. The lowest BCUT2D eigenvalue weighted by atomic mass is 9.89. The van der Waals surface area contributed by atoms with Crippen molar-refractivity contribution in [2.45, 2.75) is 56.7 Å². The highest BCUT2D eigenvalue weighted by Gasteiger charge is 2.35. The third kappa shape index (κ3) is 3.21. The number of likely N-dealkylation sites (tertiary alicyclic amines) is 1. The predicted octanol–water partition coefficient (Wildman–Crippen LogP) is 1.54. The van der Waals surface area contributed by atoms with Crippen LogP contribution in [0.4, 0.5) is 0 Å². The smallest absolute Gasteiger partial charge is 0.0252 e. The molecule has 3 unspecified atom stereocenters.